The van der Waals surface area contributed by atoms with Crippen LogP contribution in [0, 0.1) is 0 Å². The molecule has 3 amide bonds. The Morgan fingerprint density at radius 1 is 0.568 bits per heavy atom. The molecule has 2 radical (unpaired) electrons. The Morgan fingerprint density at radius 2 is 1.00 bits per heavy atom. The Kier molecular flexibility index (Phi) is 21.7. The summed E-state index contributed by atoms with van der Waals surface area (Å²) in [5, 5.41) is 11.3. The molecule has 0 bridgehead atoms. The summed E-state index contributed by atoms with van der Waals surface area (Å²) in [7, 11) is -0.126. The highest BCUT2D eigenvalue weighted by Gasteiger charge is 2.39. The van der Waals surface area contributed by atoms with Crippen molar-refractivity contribution in [3.05, 3.63) is 165 Å². The first-order valence-corrected chi connectivity index (χ1v) is 30.4. The van der Waals surface area contributed by atoms with E-state index < -0.39 is 11.3 Å². The Bertz CT molecular complexity index is 3540. The molecule has 81 heavy (non-hydrogen) atoms. The number of carbonyl (C=O) groups is 3. The smallest absolute Gasteiger partial charge is 0.262 e. The summed E-state index contributed by atoms with van der Waals surface area (Å²) in [6.07, 6.45) is 1.23. The van der Waals surface area contributed by atoms with E-state index in [4.69, 9.17) is 33.7 Å². The first-order chi connectivity index (χ1) is 39.7. The van der Waals surface area contributed by atoms with Gasteiger partial charge in [-0.25, -0.2) is 9.97 Å². The third-order valence-electron chi connectivity index (χ3n) is 13.7. The van der Waals surface area contributed by atoms with Gasteiger partial charge in [-0.1, -0.05) is 133 Å². The molecule has 1 aliphatic heterocycles. The molecule has 2 N–H and O–H groups in total. The summed E-state index contributed by atoms with van der Waals surface area (Å²) < 4.78 is 31.6. The zero-order valence-corrected chi connectivity index (χ0v) is 48.2. The van der Waals surface area contributed by atoms with E-state index in [2.05, 4.69) is 10.6 Å². The Labute approximate surface area is 481 Å². The second kappa shape index (κ2) is 29.8. The quantitative estimate of drug-likeness (QED) is 0.0143. The molecule has 0 saturated carbocycles. The van der Waals surface area contributed by atoms with E-state index in [0.717, 1.165) is 32.7 Å². The zero-order valence-electron chi connectivity index (χ0n) is 45.6. The number of hydrogen-bond donors (Lipinski definition) is 2. The van der Waals surface area contributed by atoms with E-state index >= 15 is 0 Å². The highest BCUT2D eigenvalue weighted by molar-refractivity contribution is 8.00. The lowest BCUT2D eigenvalue weighted by atomic mass is 10.1. The van der Waals surface area contributed by atoms with Crippen LogP contribution in [0.1, 0.15) is 47.9 Å². The van der Waals surface area contributed by atoms with Gasteiger partial charge in [0.2, 0.25) is 11.8 Å². The first-order valence-electron chi connectivity index (χ1n) is 27.5. The SMILES string of the molecule is CCn1c(S[C@H]([Si]C(=O)NCCOCCOCCOCCOCCOCCNC(=O)[C@H]2CCCN2C(=O)[C@H](Sc2nc3cc4ccccc4cc3c(=O)n2CC)c2ccccc2)c2ccccc2)nc2cc3ccccc3cc2c1=O. The topological polar surface area (TPSA) is 194 Å². The maximum absolute atomic E-state index is 14.5. The molecule has 2 aromatic heterocycles. The zero-order chi connectivity index (χ0) is 56.3. The average molecular weight is 1150 g/mol. The number of rotatable bonds is 30. The molecular weight excluding hydrogens is 1080 g/mol. The molecular formula is C61H67N7O10S2Si. The lowest BCUT2D eigenvalue weighted by molar-refractivity contribution is -0.138. The second-order valence-electron chi connectivity index (χ2n) is 19.1. The summed E-state index contributed by atoms with van der Waals surface area (Å²) in [6, 6.07) is 42.1. The lowest BCUT2D eigenvalue weighted by Gasteiger charge is -2.28. The summed E-state index contributed by atoms with van der Waals surface area (Å²) in [5.41, 5.74) is 2.59. The highest BCUT2D eigenvalue weighted by Crippen LogP contribution is 2.39. The van der Waals surface area contributed by atoms with Crippen LogP contribution in [0.5, 0.6) is 0 Å². The number of fused-ring (bicyclic) bond motifs is 4. The van der Waals surface area contributed by atoms with Crippen LogP contribution in [0.3, 0.4) is 0 Å². The van der Waals surface area contributed by atoms with E-state index in [-0.39, 0.29) is 56.0 Å². The first kappa shape index (κ1) is 58.9. The van der Waals surface area contributed by atoms with Gasteiger partial charge in [0, 0.05) is 37.6 Å². The van der Waals surface area contributed by atoms with E-state index in [1.165, 1.54) is 23.5 Å². The Hall–Kier alpha value is -6.75. The predicted molar refractivity (Wildman–Crippen MR) is 319 cm³/mol. The molecule has 3 atom stereocenters. The number of thioether (sulfide) groups is 2. The minimum Gasteiger partial charge on any atom is -0.377 e. The third kappa shape index (κ3) is 15.4. The number of carbonyl (C=O) groups excluding carboxylic acids is 3. The van der Waals surface area contributed by atoms with Crippen molar-refractivity contribution in [2.45, 2.75) is 66.3 Å². The van der Waals surface area contributed by atoms with Crippen molar-refractivity contribution in [1.29, 1.82) is 0 Å². The maximum Gasteiger partial charge on any atom is 0.262 e. The molecule has 1 aliphatic rings. The monoisotopic (exact) mass is 1150 g/mol. The minimum atomic E-state index is -0.733. The van der Waals surface area contributed by atoms with Gasteiger partial charge in [-0.2, -0.15) is 0 Å². The van der Waals surface area contributed by atoms with Gasteiger partial charge < -0.3 is 39.2 Å². The molecule has 17 nitrogen and oxygen atoms in total. The maximum atomic E-state index is 14.5. The van der Waals surface area contributed by atoms with Crippen molar-refractivity contribution in [2.75, 3.05) is 85.7 Å². The molecule has 0 aliphatic carbocycles. The normalized spacial score (nSPS) is 14.2. The molecule has 0 spiro atoms. The number of nitrogens with zero attached hydrogens (tertiary/aromatic N) is 5. The summed E-state index contributed by atoms with van der Waals surface area (Å²) in [4.78, 5) is 80.1. The van der Waals surface area contributed by atoms with E-state index in [1.54, 1.807) is 14.0 Å². The lowest BCUT2D eigenvalue weighted by Crippen LogP contribution is -2.47. The summed E-state index contributed by atoms with van der Waals surface area (Å²) >= 11 is 2.68. The van der Waals surface area contributed by atoms with Crippen molar-refractivity contribution in [3.63, 3.8) is 0 Å². The van der Waals surface area contributed by atoms with Gasteiger partial charge in [-0.05, 0) is 83.6 Å². The summed E-state index contributed by atoms with van der Waals surface area (Å²) in [6.45, 7) is 9.36. The van der Waals surface area contributed by atoms with Crippen LogP contribution in [-0.4, -0.2) is 143 Å². The van der Waals surface area contributed by atoms with Gasteiger partial charge in [-0.15, -0.1) is 0 Å². The molecule has 9 rings (SSSR count). The summed E-state index contributed by atoms with van der Waals surface area (Å²) in [5.74, 6) is -0.435. The van der Waals surface area contributed by atoms with E-state index in [0.29, 0.717) is 131 Å². The van der Waals surface area contributed by atoms with Gasteiger partial charge in [0.25, 0.3) is 11.1 Å². The van der Waals surface area contributed by atoms with Crippen molar-refractivity contribution >= 4 is 93.7 Å². The number of likely N-dealkylation sites (tertiary alicyclic amines) is 1. The van der Waals surface area contributed by atoms with Crippen LogP contribution in [0.2, 0.25) is 0 Å². The Balaban J connectivity index is 0.615. The highest BCUT2D eigenvalue weighted by atomic mass is 32.2. The van der Waals surface area contributed by atoms with Gasteiger partial charge >= 0.3 is 0 Å². The fourth-order valence-electron chi connectivity index (χ4n) is 9.63. The molecule has 20 heteroatoms. The predicted octanol–water partition coefficient (Wildman–Crippen LogP) is 8.38. The molecule has 0 unspecified atom stereocenters. The van der Waals surface area contributed by atoms with Crippen LogP contribution >= 0.6 is 23.5 Å². The molecule has 8 aromatic rings. The van der Waals surface area contributed by atoms with Crippen LogP contribution in [0.15, 0.2) is 153 Å². The van der Waals surface area contributed by atoms with Crippen LogP contribution in [-0.2, 0) is 46.4 Å². The van der Waals surface area contributed by atoms with Gasteiger partial charge in [-0.3, -0.25) is 33.1 Å². The van der Waals surface area contributed by atoms with Crippen molar-refractivity contribution in [1.82, 2.24) is 34.6 Å². The number of benzene rings is 6. The standard InChI is InChI=1S/C61H67N7O10S2Si/c1-3-66-55(70)48-38-44-20-11-13-22-46(44)40-50(48)64-59(66)79-53(42-16-7-5-8-17-42)57(72)68-27-15-24-52(68)54(69)62-25-28-74-30-32-76-34-36-78-37-35-77-33-31-75-29-26-63-61(73)81-58(43-18-9-6-10-19-43)80-60-65-51-41-47-23-14-12-21-45(47)39-49(51)56(71)67(60)4-2/h5-14,16-23,38-41,52-53,58H,3-4,15,24-37H2,1-2H3,(H,62,69)(H,63,73)/t52-,53-,58-/m1/s1. The fourth-order valence-corrected chi connectivity index (χ4v) is 13.6. The number of ether oxygens (including phenoxy) is 5. The molecule has 1 fully saturated rings. The van der Waals surface area contributed by atoms with Crippen LogP contribution in [0.4, 0.5) is 4.79 Å². The van der Waals surface area contributed by atoms with Crippen LogP contribution < -0.4 is 21.8 Å². The van der Waals surface area contributed by atoms with Gasteiger partial charge in [0.15, 0.2) is 25.4 Å². The number of amides is 3. The second-order valence-corrected chi connectivity index (χ2v) is 23.0. The number of nitrogens with one attached hydrogen (secondary N) is 2. The van der Waals surface area contributed by atoms with E-state index in [1.807, 2.05) is 147 Å². The van der Waals surface area contributed by atoms with Crippen molar-refractivity contribution in [2.24, 2.45) is 0 Å². The fraction of sp³-hybridized carbons (Fsp3) is 0.361. The van der Waals surface area contributed by atoms with Gasteiger partial charge in [0.1, 0.15) is 11.3 Å². The van der Waals surface area contributed by atoms with Crippen molar-refractivity contribution < 1.29 is 38.1 Å². The largest absolute Gasteiger partial charge is 0.377 e. The third-order valence-corrected chi connectivity index (χ3v) is 17.8. The van der Waals surface area contributed by atoms with Crippen molar-refractivity contribution in [3.8, 4) is 0 Å². The molecule has 1 saturated heterocycles. The Morgan fingerprint density at radius 3 is 1.49 bits per heavy atom. The minimum absolute atomic E-state index is 0.0967. The average Bonchev–Trinajstić information content (AvgIpc) is 4.05. The number of aromatic nitrogens is 4. The molecule has 422 valence electrons. The molecule has 3 heterocycles. The van der Waals surface area contributed by atoms with Gasteiger partial charge in [0.05, 0.1) is 87.9 Å². The number of hydrogen-bond acceptors (Lipinski definition) is 14. The van der Waals surface area contributed by atoms with Crippen LogP contribution in [0.25, 0.3) is 43.4 Å². The molecule has 6 aromatic carbocycles. The van der Waals surface area contributed by atoms with E-state index in [9.17, 15) is 24.0 Å².